The van der Waals surface area contributed by atoms with Gasteiger partial charge in [-0.3, -0.25) is 9.36 Å². The lowest BCUT2D eigenvalue weighted by Crippen LogP contribution is -2.50. The fraction of sp³-hybridized carbons (Fsp3) is 0.304. The van der Waals surface area contributed by atoms with Crippen molar-refractivity contribution in [1.82, 2.24) is 13.8 Å². The van der Waals surface area contributed by atoms with Gasteiger partial charge in [-0.1, -0.05) is 6.07 Å². The molecule has 1 aliphatic rings. The van der Waals surface area contributed by atoms with E-state index in [1.54, 1.807) is 49.4 Å². The Kier molecular flexibility index (Phi) is 6.49. The minimum Gasteiger partial charge on any atom is -0.493 e. The van der Waals surface area contributed by atoms with Crippen molar-refractivity contribution in [3.05, 3.63) is 58.6 Å². The molecule has 180 valence electrons. The van der Waals surface area contributed by atoms with Crippen molar-refractivity contribution in [1.29, 1.82) is 0 Å². The first-order chi connectivity index (χ1) is 16.2. The number of rotatable bonds is 6. The Balaban J connectivity index is 1.42. The highest BCUT2D eigenvalue weighted by atomic mass is 32.2. The zero-order valence-electron chi connectivity index (χ0n) is 19.1. The van der Waals surface area contributed by atoms with E-state index in [0.717, 1.165) is 5.56 Å². The Morgan fingerprint density at radius 1 is 1.00 bits per heavy atom. The standard InChI is InChI=1S/C23H25N3O7S/c1-24-18-7-6-17(15-20(18)33-23(24)28)34(29,30)26-12-10-25(11-13-26)22(27)9-5-16-4-8-19(31-2)21(14-16)32-3/h4-9,14-15H,10-13H2,1-3H3/b9-5+. The second kappa shape index (κ2) is 9.35. The molecule has 34 heavy (non-hydrogen) atoms. The highest BCUT2D eigenvalue weighted by Crippen LogP contribution is 2.28. The predicted molar refractivity (Wildman–Crippen MR) is 125 cm³/mol. The van der Waals surface area contributed by atoms with Gasteiger partial charge in [-0.2, -0.15) is 4.31 Å². The number of oxazole rings is 1. The average Bonchev–Trinajstić information content (AvgIpc) is 3.14. The summed E-state index contributed by atoms with van der Waals surface area (Å²) >= 11 is 0. The van der Waals surface area contributed by atoms with Crippen molar-refractivity contribution in [3.8, 4) is 11.5 Å². The number of sulfonamides is 1. The van der Waals surface area contributed by atoms with E-state index >= 15 is 0 Å². The Bertz CT molecular complexity index is 1410. The van der Waals surface area contributed by atoms with Gasteiger partial charge in [0.25, 0.3) is 0 Å². The maximum Gasteiger partial charge on any atom is 0.419 e. The third-order valence-electron chi connectivity index (χ3n) is 5.78. The minimum atomic E-state index is -3.80. The Morgan fingerprint density at radius 3 is 2.38 bits per heavy atom. The number of piperazine rings is 1. The van der Waals surface area contributed by atoms with Gasteiger partial charge in [-0.15, -0.1) is 0 Å². The predicted octanol–water partition coefficient (Wildman–Crippen LogP) is 1.69. The van der Waals surface area contributed by atoms with Gasteiger partial charge in [0, 0.05) is 45.4 Å². The van der Waals surface area contributed by atoms with Gasteiger partial charge < -0.3 is 18.8 Å². The molecule has 2 heterocycles. The monoisotopic (exact) mass is 487 g/mol. The Labute approximate surface area is 196 Å². The maximum atomic E-state index is 13.1. The summed E-state index contributed by atoms with van der Waals surface area (Å²) in [5.41, 5.74) is 1.50. The fourth-order valence-corrected chi connectivity index (χ4v) is 5.24. The maximum absolute atomic E-state index is 13.1. The molecule has 0 N–H and O–H groups in total. The number of ether oxygens (including phenoxy) is 2. The smallest absolute Gasteiger partial charge is 0.419 e. The van der Waals surface area contributed by atoms with Gasteiger partial charge in [0.15, 0.2) is 17.1 Å². The summed E-state index contributed by atoms with van der Waals surface area (Å²) in [6.07, 6.45) is 3.13. The van der Waals surface area contributed by atoms with E-state index in [0.29, 0.717) is 17.0 Å². The van der Waals surface area contributed by atoms with E-state index in [9.17, 15) is 18.0 Å². The largest absolute Gasteiger partial charge is 0.493 e. The minimum absolute atomic E-state index is 0.0440. The third-order valence-corrected chi connectivity index (χ3v) is 7.67. The lowest BCUT2D eigenvalue weighted by atomic mass is 10.2. The van der Waals surface area contributed by atoms with Crippen molar-refractivity contribution in [2.45, 2.75) is 4.90 Å². The van der Waals surface area contributed by atoms with Crippen molar-refractivity contribution in [2.24, 2.45) is 7.05 Å². The molecule has 3 aromatic rings. The van der Waals surface area contributed by atoms with Crippen LogP contribution in [0, 0.1) is 0 Å². The Hall–Kier alpha value is -3.57. The van der Waals surface area contributed by atoms with Crippen LogP contribution in [0.25, 0.3) is 17.2 Å². The molecule has 1 saturated heterocycles. The molecule has 0 bridgehead atoms. The number of nitrogens with zero attached hydrogens (tertiary/aromatic N) is 3. The van der Waals surface area contributed by atoms with E-state index in [1.165, 1.54) is 34.2 Å². The normalized spacial score (nSPS) is 15.2. The number of aryl methyl sites for hydroxylation is 1. The number of carbonyl (C=O) groups is 1. The van der Waals surface area contributed by atoms with Crippen molar-refractivity contribution in [3.63, 3.8) is 0 Å². The number of aromatic nitrogens is 1. The number of amides is 1. The van der Waals surface area contributed by atoms with Crippen LogP contribution in [-0.4, -0.2) is 68.5 Å². The molecule has 11 heteroatoms. The van der Waals surface area contributed by atoms with Crippen LogP contribution in [0.4, 0.5) is 0 Å². The molecule has 1 aromatic heterocycles. The number of hydrogen-bond donors (Lipinski definition) is 0. The van der Waals surface area contributed by atoms with Gasteiger partial charge in [0.05, 0.1) is 24.6 Å². The van der Waals surface area contributed by atoms with Crippen molar-refractivity contribution >= 4 is 33.1 Å². The molecule has 1 fully saturated rings. The summed E-state index contributed by atoms with van der Waals surface area (Å²) in [4.78, 5) is 26.0. The second-order valence-electron chi connectivity index (χ2n) is 7.73. The van der Waals surface area contributed by atoms with E-state index in [2.05, 4.69) is 0 Å². The van der Waals surface area contributed by atoms with E-state index in [-0.39, 0.29) is 42.6 Å². The fourth-order valence-electron chi connectivity index (χ4n) is 3.80. The third kappa shape index (κ3) is 4.44. The molecular formula is C23H25N3O7S. The SMILES string of the molecule is COc1ccc(/C=C/C(=O)N2CCN(S(=O)(=O)c3ccc4c(c3)oc(=O)n4C)CC2)cc1OC. The van der Waals surface area contributed by atoms with E-state index in [4.69, 9.17) is 13.9 Å². The number of fused-ring (bicyclic) bond motifs is 1. The zero-order chi connectivity index (χ0) is 24.5. The summed E-state index contributed by atoms with van der Waals surface area (Å²) in [7, 11) is 0.848. The molecule has 0 aliphatic carbocycles. The highest BCUT2D eigenvalue weighted by Gasteiger charge is 2.30. The summed E-state index contributed by atoms with van der Waals surface area (Å²) in [5.74, 6) is 0.387. The van der Waals surface area contributed by atoms with Crippen molar-refractivity contribution in [2.75, 3.05) is 40.4 Å². The van der Waals surface area contributed by atoms with Gasteiger partial charge in [-0.25, -0.2) is 13.2 Å². The summed E-state index contributed by atoms with van der Waals surface area (Å²) in [6.45, 7) is 0.845. The van der Waals surface area contributed by atoms with E-state index in [1.807, 2.05) is 0 Å². The molecule has 2 aromatic carbocycles. The Morgan fingerprint density at radius 2 is 1.71 bits per heavy atom. The number of carbonyl (C=O) groups excluding carboxylic acids is 1. The highest BCUT2D eigenvalue weighted by molar-refractivity contribution is 7.89. The summed E-state index contributed by atoms with van der Waals surface area (Å²) in [6, 6.07) is 9.68. The summed E-state index contributed by atoms with van der Waals surface area (Å²) < 4.78 is 44.4. The zero-order valence-corrected chi connectivity index (χ0v) is 19.9. The first-order valence-electron chi connectivity index (χ1n) is 10.5. The van der Waals surface area contributed by atoms with Crippen LogP contribution in [0.15, 0.2) is 56.6 Å². The van der Waals surface area contributed by atoms with Crippen LogP contribution in [0.1, 0.15) is 5.56 Å². The molecule has 0 atom stereocenters. The quantitative estimate of drug-likeness (QED) is 0.487. The van der Waals surface area contributed by atoms with E-state index < -0.39 is 15.8 Å². The molecule has 0 spiro atoms. The lowest BCUT2D eigenvalue weighted by Gasteiger charge is -2.33. The number of benzene rings is 2. The van der Waals surface area contributed by atoms with Crippen LogP contribution >= 0.6 is 0 Å². The van der Waals surface area contributed by atoms with Gasteiger partial charge in [0.1, 0.15) is 0 Å². The molecule has 10 nitrogen and oxygen atoms in total. The molecule has 1 amide bonds. The topological polar surface area (TPSA) is 111 Å². The van der Waals surface area contributed by atoms with Crippen LogP contribution in [-0.2, 0) is 21.9 Å². The lowest BCUT2D eigenvalue weighted by molar-refractivity contribution is -0.127. The molecule has 0 radical (unpaired) electrons. The first kappa shape index (κ1) is 23.6. The molecule has 1 aliphatic heterocycles. The molecule has 0 unspecified atom stereocenters. The van der Waals surface area contributed by atoms with Gasteiger partial charge in [0.2, 0.25) is 15.9 Å². The van der Waals surface area contributed by atoms with Crippen molar-refractivity contribution < 1.29 is 27.1 Å². The number of methoxy groups -OCH3 is 2. The van der Waals surface area contributed by atoms with Crippen LogP contribution in [0.5, 0.6) is 11.5 Å². The molecular weight excluding hydrogens is 462 g/mol. The molecule has 4 rings (SSSR count). The first-order valence-corrected chi connectivity index (χ1v) is 12.0. The second-order valence-corrected chi connectivity index (χ2v) is 9.67. The number of hydrogen-bond acceptors (Lipinski definition) is 7. The van der Waals surface area contributed by atoms with Gasteiger partial charge in [-0.05, 0) is 35.9 Å². The van der Waals surface area contributed by atoms with Gasteiger partial charge >= 0.3 is 5.76 Å². The average molecular weight is 488 g/mol. The summed E-state index contributed by atoms with van der Waals surface area (Å²) in [5, 5.41) is 0. The van der Waals surface area contributed by atoms with Crippen LogP contribution < -0.4 is 15.2 Å². The molecule has 0 saturated carbocycles. The van der Waals surface area contributed by atoms with Crippen LogP contribution in [0.2, 0.25) is 0 Å². The van der Waals surface area contributed by atoms with Crippen LogP contribution in [0.3, 0.4) is 0 Å².